The smallest absolute Gasteiger partial charge is 0.407 e. The van der Waals surface area contributed by atoms with E-state index >= 15 is 4.39 Å². The first-order valence-corrected chi connectivity index (χ1v) is 9.01. The highest BCUT2D eigenvalue weighted by atomic mass is 19.1. The van der Waals surface area contributed by atoms with Crippen molar-refractivity contribution in [1.29, 1.82) is 0 Å². The van der Waals surface area contributed by atoms with E-state index in [1.807, 2.05) is 36.4 Å². The molecule has 1 fully saturated rings. The number of rotatable bonds is 6. The molecule has 0 radical (unpaired) electrons. The average Bonchev–Trinajstić information content (AvgIpc) is 2.63. The van der Waals surface area contributed by atoms with E-state index in [4.69, 9.17) is 5.11 Å². The summed E-state index contributed by atoms with van der Waals surface area (Å²) in [5.74, 6) is 0. The fourth-order valence-electron chi connectivity index (χ4n) is 3.51. The summed E-state index contributed by atoms with van der Waals surface area (Å²) in [6.07, 6.45) is -0.462. The molecule has 1 saturated heterocycles. The second kappa shape index (κ2) is 8.32. The van der Waals surface area contributed by atoms with Crippen molar-refractivity contribution < 1.29 is 14.3 Å². The fraction of sp³-hybridized carbons (Fsp3) is 0.381. The molecule has 0 saturated carbocycles. The zero-order valence-electron chi connectivity index (χ0n) is 14.9. The second-order valence-electron chi connectivity index (χ2n) is 7.04. The van der Waals surface area contributed by atoms with Gasteiger partial charge in [-0.05, 0) is 11.1 Å². The minimum Gasteiger partial charge on any atom is -0.465 e. The first-order valence-electron chi connectivity index (χ1n) is 9.01. The van der Waals surface area contributed by atoms with Gasteiger partial charge >= 0.3 is 6.09 Å². The first kappa shape index (κ1) is 18.4. The second-order valence-corrected chi connectivity index (χ2v) is 7.04. The average molecular weight is 356 g/mol. The third-order valence-corrected chi connectivity index (χ3v) is 4.94. The molecular formula is C21H25FN2O2. The topological polar surface area (TPSA) is 43.8 Å². The number of hydrogen-bond acceptors (Lipinski definition) is 2. The fourth-order valence-corrected chi connectivity index (χ4v) is 3.51. The molecule has 1 heterocycles. The van der Waals surface area contributed by atoms with Crippen molar-refractivity contribution in [3.8, 4) is 0 Å². The Morgan fingerprint density at radius 2 is 1.42 bits per heavy atom. The number of benzene rings is 2. The molecule has 5 heteroatoms. The Bertz CT molecular complexity index is 659. The lowest BCUT2D eigenvalue weighted by molar-refractivity contribution is 0.0224. The highest BCUT2D eigenvalue weighted by Crippen LogP contribution is 2.29. The van der Waals surface area contributed by atoms with Crippen molar-refractivity contribution in [2.75, 3.05) is 19.6 Å². The molecule has 0 atom stereocenters. The molecule has 0 aliphatic carbocycles. The minimum absolute atomic E-state index is 0.249. The maximum Gasteiger partial charge on any atom is 0.407 e. The lowest BCUT2D eigenvalue weighted by atomic mass is 9.92. The molecule has 0 unspecified atom stereocenters. The van der Waals surface area contributed by atoms with E-state index in [9.17, 15) is 4.79 Å². The lowest BCUT2D eigenvalue weighted by Gasteiger charge is -2.38. The summed E-state index contributed by atoms with van der Waals surface area (Å²) in [5, 5.41) is 9.07. The standard InChI is InChI=1S/C21H25FN2O2/c22-21(11-13-24(14-12-21)20(25)26)17-23(15-18-7-3-1-4-8-18)16-19-9-5-2-6-10-19/h1-10H,11-17H2,(H,25,26). The predicted octanol–water partition coefficient (Wildman–Crippen LogP) is 4.17. The van der Waals surface area contributed by atoms with E-state index in [0.29, 0.717) is 19.6 Å². The van der Waals surface area contributed by atoms with Crippen LogP contribution in [0.15, 0.2) is 60.7 Å². The highest BCUT2D eigenvalue weighted by Gasteiger charge is 2.37. The Hall–Kier alpha value is -2.40. The van der Waals surface area contributed by atoms with Crippen LogP contribution >= 0.6 is 0 Å². The normalized spacial score (nSPS) is 16.6. The molecule has 26 heavy (non-hydrogen) atoms. The number of nitrogens with zero attached hydrogens (tertiary/aromatic N) is 2. The predicted molar refractivity (Wildman–Crippen MR) is 99.7 cm³/mol. The van der Waals surface area contributed by atoms with Crippen LogP contribution in [0.2, 0.25) is 0 Å². The Morgan fingerprint density at radius 3 is 1.85 bits per heavy atom. The maximum absolute atomic E-state index is 15.4. The Kier molecular flexibility index (Phi) is 5.89. The summed E-state index contributed by atoms with van der Waals surface area (Å²) in [4.78, 5) is 14.5. The Balaban J connectivity index is 1.69. The summed E-state index contributed by atoms with van der Waals surface area (Å²) >= 11 is 0. The number of likely N-dealkylation sites (tertiary alicyclic amines) is 1. The third-order valence-electron chi connectivity index (χ3n) is 4.94. The van der Waals surface area contributed by atoms with Crippen LogP contribution in [0.4, 0.5) is 9.18 Å². The zero-order valence-corrected chi connectivity index (χ0v) is 14.9. The number of carboxylic acid groups (broad SMARTS) is 1. The Labute approximate surface area is 153 Å². The summed E-state index contributed by atoms with van der Waals surface area (Å²) < 4.78 is 15.4. The van der Waals surface area contributed by atoms with Gasteiger partial charge in [-0.15, -0.1) is 0 Å². The number of hydrogen-bond donors (Lipinski definition) is 1. The van der Waals surface area contributed by atoms with Crippen LogP contribution in [-0.2, 0) is 13.1 Å². The van der Waals surface area contributed by atoms with Gasteiger partial charge in [0.25, 0.3) is 0 Å². The molecule has 2 aromatic rings. The van der Waals surface area contributed by atoms with Crippen molar-refractivity contribution in [3.63, 3.8) is 0 Å². The molecule has 1 amide bonds. The molecule has 0 aromatic heterocycles. The van der Waals surface area contributed by atoms with Crippen LogP contribution in [0, 0.1) is 0 Å². The molecule has 1 aliphatic heterocycles. The number of piperidine rings is 1. The van der Waals surface area contributed by atoms with E-state index in [1.54, 1.807) is 0 Å². The van der Waals surface area contributed by atoms with Gasteiger partial charge in [0.1, 0.15) is 5.67 Å². The van der Waals surface area contributed by atoms with Crippen molar-refractivity contribution >= 4 is 6.09 Å². The highest BCUT2D eigenvalue weighted by molar-refractivity contribution is 5.65. The molecule has 138 valence electrons. The van der Waals surface area contributed by atoms with E-state index in [1.165, 1.54) is 4.90 Å². The Morgan fingerprint density at radius 1 is 0.962 bits per heavy atom. The monoisotopic (exact) mass is 356 g/mol. The van der Waals surface area contributed by atoms with Crippen molar-refractivity contribution in [1.82, 2.24) is 9.80 Å². The number of halogens is 1. The van der Waals surface area contributed by atoms with Crippen LogP contribution in [0.1, 0.15) is 24.0 Å². The molecule has 0 bridgehead atoms. The van der Waals surface area contributed by atoms with Crippen LogP contribution in [-0.4, -0.2) is 46.3 Å². The molecule has 2 aromatic carbocycles. The van der Waals surface area contributed by atoms with Crippen molar-refractivity contribution in [2.45, 2.75) is 31.6 Å². The van der Waals surface area contributed by atoms with Crippen LogP contribution in [0.3, 0.4) is 0 Å². The first-order chi connectivity index (χ1) is 12.5. The number of amides is 1. The molecule has 4 nitrogen and oxygen atoms in total. The van der Waals surface area contributed by atoms with Crippen molar-refractivity contribution in [3.05, 3.63) is 71.8 Å². The van der Waals surface area contributed by atoms with Gasteiger partial charge in [-0.1, -0.05) is 60.7 Å². The number of alkyl halides is 1. The van der Waals surface area contributed by atoms with Gasteiger partial charge in [-0.2, -0.15) is 0 Å². The SMILES string of the molecule is O=C(O)N1CCC(F)(CN(Cc2ccccc2)Cc2ccccc2)CC1. The van der Waals surface area contributed by atoms with Gasteiger partial charge in [0.05, 0.1) is 0 Å². The van der Waals surface area contributed by atoms with Crippen LogP contribution in [0.5, 0.6) is 0 Å². The molecule has 0 spiro atoms. The van der Waals surface area contributed by atoms with E-state index in [-0.39, 0.29) is 25.9 Å². The lowest BCUT2D eigenvalue weighted by Crippen LogP contribution is -2.49. The van der Waals surface area contributed by atoms with E-state index in [0.717, 1.165) is 11.1 Å². The molecule has 1 aliphatic rings. The maximum atomic E-state index is 15.4. The van der Waals surface area contributed by atoms with Crippen LogP contribution < -0.4 is 0 Å². The summed E-state index contributed by atoms with van der Waals surface area (Å²) in [6.45, 7) is 2.17. The molecule has 1 N–H and O–H groups in total. The molecular weight excluding hydrogens is 331 g/mol. The molecule has 3 rings (SSSR count). The third kappa shape index (κ3) is 5.05. The quantitative estimate of drug-likeness (QED) is 0.845. The van der Waals surface area contributed by atoms with Gasteiger partial charge in [0.15, 0.2) is 0 Å². The van der Waals surface area contributed by atoms with Gasteiger partial charge in [0.2, 0.25) is 0 Å². The summed E-state index contributed by atoms with van der Waals surface area (Å²) in [5.41, 5.74) is 0.945. The van der Waals surface area contributed by atoms with E-state index in [2.05, 4.69) is 29.2 Å². The van der Waals surface area contributed by atoms with Gasteiger partial charge in [-0.3, -0.25) is 4.90 Å². The van der Waals surface area contributed by atoms with Crippen molar-refractivity contribution in [2.24, 2.45) is 0 Å². The summed E-state index contributed by atoms with van der Waals surface area (Å²) in [6, 6.07) is 20.1. The van der Waals surface area contributed by atoms with Gasteiger partial charge in [-0.25, -0.2) is 9.18 Å². The van der Waals surface area contributed by atoms with Crippen LogP contribution in [0.25, 0.3) is 0 Å². The van der Waals surface area contributed by atoms with Gasteiger partial charge in [0, 0.05) is 45.6 Å². The minimum atomic E-state index is -1.35. The number of carbonyl (C=O) groups is 1. The zero-order chi connectivity index (χ0) is 18.4. The largest absolute Gasteiger partial charge is 0.465 e. The van der Waals surface area contributed by atoms with E-state index < -0.39 is 11.8 Å². The summed E-state index contributed by atoms with van der Waals surface area (Å²) in [7, 11) is 0. The van der Waals surface area contributed by atoms with Gasteiger partial charge < -0.3 is 10.0 Å².